The number of amides is 1. The summed E-state index contributed by atoms with van der Waals surface area (Å²) in [5.74, 6) is -0.891. The van der Waals surface area contributed by atoms with Crippen LogP contribution in [0.1, 0.15) is 46.3 Å². The van der Waals surface area contributed by atoms with Crippen molar-refractivity contribution in [3.05, 3.63) is 55.8 Å². The van der Waals surface area contributed by atoms with Crippen LogP contribution in [-0.2, 0) is 16.1 Å². The van der Waals surface area contributed by atoms with E-state index >= 15 is 0 Å². The fourth-order valence-corrected chi connectivity index (χ4v) is 3.89. The van der Waals surface area contributed by atoms with Gasteiger partial charge < -0.3 is 14.7 Å². The summed E-state index contributed by atoms with van der Waals surface area (Å²) in [7, 11) is 1.24. The summed E-state index contributed by atoms with van der Waals surface area (Å²) in [6.07, 6.45) is 3.05. The van der Waals surface area contributed by atoms with Gasteiger partial charge in [-0.1, -0.05) is 11.6 Å². The van der Waals surface area contributed by atoms with E-state index in [9.17, 15) is 24.8 Å². The molecule has 0 spiro atoms. The number of rotatable bonds is 7. The van der Waals surface area contributed by atoms with Crippen molar-refractivity contribution in [2.45, 2.75) is 32.7 Å². The number of likely N-dealkylation sites (tertiary alicyclic amines) is 1. The fraction of sp³-hybridized carbons (Fsp3) is 0.348. The Morgan fingerprint density at radius 3 is 2.76 bits per heavy atom. The maximum atomic E-state index is 12.8. The quantitative estimate of drug-likeness (QED) is 0.490. The second-order valence-corrected chi connectivity index (χ2v) is 7.99. The van der Waals surface area contributed by atoms with Crippen LogP contribution in [0.15, 0.2) is 28.0 Å². The first-order valence-electron chi connectivity index (χ1n) is 10.3. The highest BCUT2D eigenvalue weighted by molar-refractivity contribution is 6.31. The lowest BCUT2D eigenvalue weighted by Crippen LogP contribution is -2.29. The molecule has 0 aliphatic carbocycles. The zero-order chi connectivity index (χ0) is 24.1. The number of hydrogen-bond donors (Lipinski definition) is 1. The number of ether oxygens (including phenoxy) is 1. The number of nitrogens with zero attached hydrogens (tertiary/aromatic N) is 4. The van der Waals surface area contributed by atoms with Gasteiger partial charge in [0, 0.05) is 37.3 Å². The number of pyridine rings is 1. The first-order valence-corrected chi connectivity index (χ1v) is 10.7. The molecule has 1 aromatic carbocycles. The topological polar surface area (TPSA) is 125 Å². The molecule has 1 N–H and O–H groups in total. The Balaban J connectivity index is 1.97. The maximum Gasteiger partial charge on any atom is 0.340 e. The van der Waals surface area contributed by atoms with Crippen molar-refractivity contribution in [3.63, 3.8) is 0 Å². The Morgan fingerprint density at radius 2 is 2.12 bits per heavy atom. The molecule has 0 unspecified atom stereocenters. The second kappa shape index (κ2) is 10.3. The third-order valence-corrected chi connectivity index (χ3v) is 5.76. The van der Waals surface area contributed by atoms with E-state index in [4.69, 9.17) is 16.3 Å². The van der Waals surface area contributed by atoms with E-state index in [2.05, 4.69) is 4.99 Å². The van der Waals surface area contributed by atoms with Crippen LogP contribution in [0.2, 0.25) is 5.02 Å². The minimum Gasteiger partial charge on any atom is -0.494 e. The third kappa shape index (κ3) is 5.07. The van der Waals surface area contributed by atoms with Crippen molar-refractivity contribution in [1.82, 2.24) is 9.47 Å². The summed E-state index contributed by atoms with van der Waals surface area (Å²) in [6.45, 7) is 2.79. The summed E-state index contributed by atoms with van der Waals surface area (Å²) in [5.41, 5.74) is 0.0631. The minimum atomic E-state index is -0.615. The van der Waals surface area contributed by atoms with Crippen LogP contribution < -0.4 is 5.56 Å². The molecule has 2 aromatic rings. The van der Waals surface area contributed by atoms with Gasteiger partial charge >= 0.3 is 5.97 Å². The van der Waals surface area contributed by atoms with Crippen LogP contribution in [0.25, 0.3) is 0 Å². The van der Waals surface area contributed by atoms with Crippen LogP contribution in [0, 0.1) is 18.3 Å². The van der Waals surface area contributed by atoms with E-state index in [1.165, 1.54) is 38.4 Å². The Labute approximate surface area is 195 Å². The molecule has 0 radical (unpaired) electrons. The molecule has 1 aliphatic heterocycles. The highest BCUT2D eigenvalue weighted by Gasteiger charge is 2.21. The molecular weight excluding hydrogens is 448 g/mol. The number of hydrogen-bond acceptors (Lipinski definition) is 7. The number of aliphatic imine (C=N–C) groups is 1. The smallest absolute Gasteiger partial charge is 0.340 e. The molecule has 1 amide bonds. The number of methoxy groups -OCH3 is 1. The van der Waals surface area contributed by atoms with Gasteiger partial charge in [-0.2, -0.15) is 5.26 Å². The molecule has 3 rings (SSSR count). The number of benzene rings is 1. The molecule has 10 heteroatoms. The van der Waals surface area contributed by atoms with Gasteiger partial charge in [0.1, 0.15) is 11.6 Å². The Kier molecular flexibility index (Phi) is 7.51. The number of carbonyl (C=O) groups is 2. The van der Waals surface area contributed by atoms with Crippen molar-refractivity contribution in [3.8, 4) is 11.9 Å². The van der Waals surface area contributed by atoms with Crippen molar-refractivity contribution < 1.29 is 19.4 Å². The van der Waals surface area contributed by atoms with Gasteiger partial charge in [0.2, 0.25) is 11.8 Å². The lowest BCUT2D eigenvalue weighted by atomic mass is 10.1. The highest BCUT2D eigenvalue weighted by atomic mass is 35.5. The van der Waals surface area contributed by atoms with E-state index in [1.54, 1.807) is 4.90 Å². The van der Waals surface area contributed by atoms with Gasteiger partial charge in [0.25, 0.3) is 5.56 Å². The van der Waals surface area contributed by atoms with Gasteiger partial charge in [-0.05, 0) is 43.5 Å². The van der Waals surface area contributed by atoms with Crippen molar-refractivity contribution in [2.75, 3.05) is 20.2 Å². The van der Waals surface area contributed by atoms with Crippen LogP contribution in [-0.4, -0.2) is 52.9 Å². The highest BCUT2D eigenvalue weighted by Crippen LogP contribution is 2.26. The molecule has 1 saturated heterocycles. The average molecular weight is 471 g/mol. The first kappa shape index (κ1) is 24.0. The van der Waals surface area contributed by atoms with Gasteiger partial charge in [-0.15, -0.1) is 0 Å². The Bertz CT molecular complexity index is 1230. The van der Waals surface area contributed by atoms with E-state index in [-0.39, 0.29) is 46.3 Å². The number of aromatic nitrogens is 1. The van der Waals surface area contributed by atoms with Crippen LogP contribution in [0.3, 0.4) is 0 Å². The van der Waals surface area contributed by atoms with Crippen LogP contribution >= 0.6 is 11.6 Å². The van der Waals surface area contributed by atoms with Crippen LogP contribution in [0.4, 0.5) is 5.69 Å². The number of nitriles is 1. The molecule has 1 fully saturated rings. The van der Waals surface area contributed by atoms with Gasteiger partial charge in [-0.3, -0.25) is 19.1 Å². The molecule has 1 aromatic heterocycles. The van der Waals surface area contributed by atoms with E-state index in [0.29, 0.717) is 31.0 Å². The molecule has 172 valence electrons. The van der Waals surface area contributed by atoms with Crippen molar-refractivity contribution in [1.29, 1.82) is 5.26 Å². The lowest BCUT2D eigenvalue weighted by Gasteiger charge is -2.17. The first-order chi connectivity index (χ1) is 15.8. The zero-order valence-electron chi connectivity index (χ0n) is 18.3. The Hall–Kier alpha value is -3.64. The molecule has 9 nitrogen and oxygen atoms in total. The van der Waals surface area contributed by atoms with E-state index in [0.717, 1.165) is 11.0 Å². The van der Waals surface area contributed by atoms with E-state index < -0.39 is 11.5 Å². The molecule has 33 heavy (non-hydrogen) atoms. The van der Waals surface area contributed by atoms with Gasteiger partial charge in [0.05, 0.1) is 23.9 Å². The second-order valence-electron chi connectivity index (χ2n) is 7.56. The monoisotopic (exact) mass is 470 g/mol. The third-order valence-electron chi connectivity index (χ3n) is 5.53. The normalized spacial score (nSPS) is 13.5. The standard InChI is InChI=1S/C23H23ClN4O5/c1-14-17(12-25)21(30)28(10-4-9-27-8-3-5-20(27)29)22(31)18(14)13-26-19-11-15(24)6-7-16(19)23(32)33-2/h6-7,11,13,31H,3-5,8-10H2,1-2H3. The Morgan fingerprint density at radius 1 is 1.36 bits per heavy atom. The van der Waals surface area contributed by atoms with Crippen molar-refractivity contribution >= 4 is 35.4 Å². The predicted octanol–water partition coefficient (Wildman–Crippen LogP) is 2.94. The average Bonchev–Trinajstić information content (AvgIpc) is 3.20. The largest absolute Gasteiger partial charge is 0.494 e. The molecule has 2 heterocycles. The minimum absolute atomic E-state index is 0.0731. The summed E-state index contributed by atoms with van der Waals surface area (Å²) in [5, 5.41) is 20.7. The van der Waals surface area contributed by atoms with Gasteiger partial charge in [0.15, 0.2) is 0 Å². The number of carbonyl (C=O) groups excluding carboxylic acids is 2. The number of aromatic hydroxyl groups is 1. The van der Waals surface area contributed by atoms with Gasteiger partial charge in [-0.25, -0.2) is 4.79 Å². The summed E-state index contributed by atoms with van der Waals surface area (Å²) >= 11 is 6.03. The SMILES string of the molecule is COC(=O)c1ccc(Cl)cc1N=Cc1c(C)c(C#N)c(=O)n(CCCN2CCCC2=O)c1O. The van der Waals surface area contributed by atoms with Crippen molar-refractivity contribution in [2.24, 2.45) is 4.99 Å². The molecular formula is C23H23ClN4O5. The molecule has 0 saturated carbocycles. The van der Waals surface area contributed by atoms with E-state index in [1.807, 2.05) is 6.07 Å². The molecule has 1 aliphatic rings. The molecule has 0 atom stereocenters. The lowest BCUT2D eigenvalue weighted by molar-refractivity contribution is -0.127. The summed E-state index contributed by atoms with van der Waals surface area (Å²) < 4.78 is 5.86. The maximum absolute atomic E-state index is 12.8. The zero-order valence-corrected chi connectivity index (χ0v) is 19.1. The predicted molar refractivity (Wildman–Crippen MR) is 122 cm³/mol. The number of esters is 1. The number of halogens is 1. The fourth-order valence-electron chi connectivity index (χ4n) is 3.72. The molecule has 0 bridgehead atoms. The summed E-state index contributed by atoms with van der Waals surface area (Å²) in [6, 6.07) is 6.34. The van der Waals surface area contributed by atoms with Crippen LogP contribution in [0.5, 0.6) is 5.88 Å². The summed E-state index contributed by atoms with van der Waals surface area (Å²) in [4.78, 5) is 42.6.